The Hall–Kier alpha value is -2.28. The highest BCUT2D eigenvalue weighted by atomic mass is 35.5. The van der Waals surface area contributed by atoms with E-state index in [1.165, 1.54) is 0 Å². The van der Waals surface area contributed by atoms with Gasteiger partial charge < -0.3 is 4.74 Å². The Labute approximate surface area is 162 Å². The van der Waals surface area contributed by atoms with Crippen LogP contribution in [0, 0.1) is 0 Å². The number of benzene rings is 2. The van der Waals surface area contributed by atoms with Crippen LogP contribution >= 0.6 is 23.2 Å². The summed E-state index contributed by atoms with van der Waals surface area (Å²) < 4.78 is 5.28. The molecule has 2 aromatic carbocycles. The number of likely N-dealkylation sites (N-methyl/N-ethyl adjacent to an activating group) is 1. The molecule has 0 unspecified atom stereocenters. The highest BCUT2D eigenvalue weighted by Gasteiger charge is 2.10. The summed E-state index contributed by atoms with van der Waals surface area (Å²) in [7, 11) is 1.79. The molecule has 0 saturated carbocycles. The first-order valence-corrected chi connectivity index (χ1v) is 8.57. The molecule has 8 heteroatoms. The molecule has 6 nitrogen and oxygen atoms in total. The molecular weight excluding hydrogens is 377 g/mol. The monoisotopic (exact) mass is 395 g/mol. The number of amides is 2. The molecule has 26 heavy (non-hydrogen) atoms. The number of ether oxygens (including phenoxy) is 1. The first kappa shape index (κ1) is 20.0. The van der Waals surface area contributed by atoms with Gasteiger partial charge in [0, 0.05) is 16.6 Å². The second-order valence-corrected chi connectivity index (χ2v) is 6.45. The van der Waals surface area contributed by atoms with Crippen LogP contribution in [0.1, 0.15) is 5.56 Å². The number of nitrogens with zero attached hydrogens (tertiary/aromatic N) is 1. The number of rotatable bonds is 7. The maximum Gasteiger partial charge on any atom is 0.276 e. The number of hydrazine groups is 1. The third kappa shape index (κ3) is 6.92. The maximum absolute atomic E-state index is 11.9. The molecule has 2 N–H and O–H groups in total. The second kappa shape index (κ2) is 10.0. The summed E-state index contributed by atoms with van der Waals surface area (Å²) in [5, 5.41) is 1.22. The van der Waals surface area contributed by atoms with E-state index in [1.807, 2.05) is 18.2 Å². The zero-order valence-electron chi connectivity index (χ0n) is 14.2. The Kier molecular flexibility index (Phi) is 7.72. The zero-order valence-corrected chi connectivity index (χ0v) is 15.7. The number of hydrogen-bond donors (Lipinski definition) is 2. The molecule has 138 valence electrons. The fraction of sp³-hybridized carbons (Fsp3) is 0.222. The highest BCUT2D eigenvalue weighted by molar-refractivity contribution is 6.31. The summed E-state index contributed by atoms with van der Waals surface area (Å²) >= 11 is 11.9. The fourth-order valence-corrected chi connectivity index (χ4v) is 2.43. The van der Waals surface area contributed by atoms with Gasteiger partial charge in [0.15, 0.2) is 6.61 Å². The average Bonchev–Trinajstić information content (AvgIpc) is 2.61. The smallest absolute Gasteiger partial charge is 0.276 e. The number of carbonyl (C=O) groups excluding carboxylic acids is 2. The Morgan fingerprint density at radius 2 is 1.65 bits per heavy atom. The van der Waals surface area contributed by atoms with Crippen molar-refractivity contribution >= 4 is 35.0 Å². The van der Waals surface area contributed by atoms with Gasteiger partial charge in [-0.1, -0.05) is 41.4 Å². The standard InChI is InChI=1S/C18H19Cl2N3O3/c1-23(10-13-4-2-3-5-16(13)20)11-17(24)21-22-18(25)12-26-15-8-6-14(19)7-9-15/h2-9H,10-12H2,1H3,(H,21,24)(H,22,25). The maximum atomic E-state index is 11.9. The van der Waals surface area contributed by atoms with Crippen LogP contribution in [0.25, 0.3) is 0 Å². The van der Waals surface area contributed by atoms with E-state index in [0.29, 0.717) is 22.3 Å². The predicted octanol–water partition coefficient (Wildman–Crippen LogP) is 2.65. The minimum atomic E-state index is -0.470. The quantitative estimate of drug-likeness (QED) is 0.706. The van der Waals surface area contributed by atoms with Gasteiger partial charge in [0.1, 0.15) is 5.75 Å². The summed E-state index contributed by atoms with van der Waals surface area (Å²) in [6.07, 6.45) is 0. The third-order valence-corrected chi connectivity index (χ3v) is 3.96. The topological polar surface area (TPSA) is 70.7 Å². The Morgan fingerprint density at radius 3 is 2.35 bits per heavy atom. The molecule has 0 aromatic heterocycles. The van der Waals surface area contributed by atoms with Gasteiger partial charge in [0.2, 0.25) is 0 Å². The van der Waals surface area contributed by atoms with Gasteiger partial charge in [-0.2, -0.15) is 0 Å². The van der Waals surface area contributed by atoms with E-state index in [1.54, 1.807) is 42.3 Å². The lowest BCUT2D eigenvalue weighted by molar-refractivity contribution is -0.130. The summed E-state index contributed by atoms with van der Waals surface area (Å²) in [4.78, 5) is 25.4. The van der Waals surface area contributed by atoms with Crippen LogP contribution in [0.4, 0.5) is 0 Å². The van der Waals surface area contributed by atoms with Crippen molar-refractivity contribution in [2.24, 2.45) is 0 Å². The molecule has 0 aliphatic rings. The van der Waals surface area contributed by atoms with Gasteiger partial charge >= 0.3 is 0 Å². The molecule has 2 aromatic rings. The largest absolute Gasteiger partial charge is 0.484 e. The lowest BCUT2D eigenvalue weighted by Crippen LogP contribution is -2.47. The molecule has 0 spiro atoms. The Morgan fingerprint density at radius 1 is 1.00 bits per heavy atom. The second-order valence-electron chi connectivity index (χ2n) is 5.60. The molecule has 0 bridgehead atoms. The SMILES string of the molecule is CN(CC(=O)NNC(=O)COc1ccc(Cl)cc1)Cc1ccccc1Cl. The van der Waals surface area contributed by atoms with Crippen molar-refractivity contribution in [3.8, 4) is 5.75 Å². The van der Waals surface area contributed by atoms with Gasteiger partial charge in [-0.3, -0.25) is 25.3 Å². The van der Waals surface area contributed by atoms with Crippen molar-refractivity contribution in [3.05, 3.63) is 64.1 Å². The molecular formula is C18H19Cl2N3O3. The van der Waals surface area contributed by atoms with E-state index in [0.717, 1.165) is 5.56 Å². The van der Waals surface area contributed by atoms with E-state index in [-0.39, 0.29) is 19.1 Å². The molecule has 2 rings (SSSR count). The summed E-state index contributed by atoms with van der Waals surface area (Å²) in [6, 6.07) is 14.0. The van der Waals surface area contributed by atoms with Crippen molar-refractivity contribution in [2.45, 2.75) is 6.54 Å². The average molecular weight is 396 g/mol. The van der Waals surface area contributed by atoms with Crippen LogP contribution < -0.4 is 15.6 Å². The van der Waals surface area contributed by atoms with Crippen LogP contribution in [0.2, 0.25) is 10.0 Å². The first-order chi connectivity index (χ1) is 12.4. The Balaban J connectivity index is 1.68. The summed E-state index contributed by atoms with van der Waals surface area (Å²) in [5.74, 6) is -0.309. The molecule has 0 aliphatic heterocycles. The van der Waals surface area contributed by atoms with Crippen molar-refractivity contribution in [1.82, 2.24) is 15.8 Å². The van der Waals surface area contributed by atoms with Crippen LogP contribution in [0.5, 0.6) is 5.75 Å². The van der Waals surface area contributed by atoms with Crippen molar-refractivity contribution in [3.63, 3.8) is 0 Å². The normalized spacial score (nSPS) is 10.5. The number of halogens is 2. The first-order valence-electron chi connectivity index (χ1n) is 7.82. The molecule has 0 fully saturated rings. The van der Waals surface area contributed by atoms with E-state index in [2.05, 4.69) is 10.9 Å². The highest BCUT2D eigenvalue weighted by Crippen LogP contribution is 2.16. The molecule has 0 heterocycles. The molecule has 2 amide bonds. The summed E-state index contributed by atoms with van der Waals surface area (Å²) in [5.41, 5.74) is 5.57. The third-order valence-electron chi connectivity index (χ3n) is 3.34. The van der Waals surface area contributed by atoms with Gasteiger partial charge in [-0.05, 0) is 42.9 Å². The van der Waals surface area contributed by atoms with E-state index in [4.69, 9.17) is 27.9 Å². The fourth-order valence-electron chi connectivity index (χ4n) is 2.11. The van der Waals surface area contributed by atoms with Crippen molar-refractivity contribution < 1.29 is 14.3 Å². The lowest BCUT2D eigenvalue weighted by Gasteiger charge is -2.17. The predicted molar refractivity (Wildman–Crippen MR) is 101 cm³/mol. The van der Waals surface area contributed by atoms with Crippen LogP contribution in [-0.2, 0) is 16.1 Å². The molecule has 0 atom stereocenters. The van der Waals surface area contributed by atoms with E-state index in [9.17, 15) is 9.59 Å². The van der Waals surface area contributed by atoms with Gasteiger partial charge in [0.25, 0.3) is 11.8 Å². The molecule has 0 radical (unpaired) electrons. The molecule has 0 saturated heterocycles. The van der Waals surface area contributed by atoms with Gasteiger partial charge in [0.05, 0.1) is 6.54 Å². The van der Waals surface area contributed by atoms with E-state index < -0.39 is 5.91 Å². The van der Waals surface area contributed by atoms with E-state index >= 15 is 0 Å². The number of nitrogens with one attached hydrogen (secondary N) is 2. The van der Waals surface area contributed by atoms with Crippen molar-refractivity contribution in [1.29, 1.82) is 0 Å². The molecule has 0 aliphatic carbocycles. The van der Waals surface area contributed by atoms with Crippen molar-refractivity contribution in [2.75, 3.05) is 20.2 Å². The summed E-state index contributed by atoms with van der Waals surface area (Å²) in [6.45, 7) is 0.391. The number of hydrogen-bond acceptors (Lipinski definition) is 4. The Bertz CT molecular complexity index is 754. The van der Waals surface area contributed by atoms with Crippen LogP contribution in [-0.4, -0.2) is 36.9 Å². The van der Waals surface area contributed by atoms with Crippen LogP contribution in [0.15, 0.2) is 48.5 Å². The lowest BCUT2D eigenvalue weighted by atomic mass is 10.2. The number of carbonyl (C=O) groups is 2. The zero-order chi connectivity index (χ0) is 18.9. The minimum absolute atomic E-state index is 0.101. The van der Waals surface area contributed by atoms with Gasteiger partial charge in [-0.25, -0.2) is 0 Å². The minimum Gasteiger partial charge on any atom is -0.484 e. The van der Waals surface area contributed by atoms with Gasteiger partial charge in [-0.15, -0.1) is 0 Å². The van der Waals surface area contributed by atoms with Crippen LogP contribution in [0.3, 0.4) is 0 Å².